The van der Waals surface area contributed by atoms with Crippen LogP contribution in [0.25, 0.3) is 0 Å². The Balaban J connectivity index is 1.92. The molecule has 0 fully saturated rings. The summed E-state index contributed by atoms with van der Waals surface area (Å²) in [5, 5.41) is 13.3. The van der Waals surface area contributed by atoms with Crippen molar-refractivity contribution in [3.05, 3.63) is 46.9 Å². The Kier molecular flexibility index (Phi) is 4.25. The topological polar surface area (TPSA) is 83.5 Å². The maximum absolute atomic E-state index is 11.3. The van der Waals surface area contributed by atoms with E-state index in [9.17, 15) is 13.2 Å². The normalized spacial score (nSPS) is 21.8. The number of hydrogen-bond acceptors (Lipinski definition) is 4. The van der Waals surface area contributed by atoms with Gasteiger partial charge in [-0.05, 0) is 18.1 Å². The van der Waals surface area contributed by atoms with E-state index in [0.29, 0.717) is 6.54 Å². The highest BCUT2D eigenvalue weighted by Gasteiger charge is 2.20. The first-order valence-corrected chi connectivity index (χ1v) is 8.05. The van der Waals surface area contributed by atoms with Crippen LogP contribution in [-0.4, -0.2) is 31.3 Å². The van der Waals surface area contributed by atoms with E-state index in [4.69, 9.17) is 5.11 Å². The van der Waals surface area contributed by atoms with E-state index in [1.165, 1.54) is 5.41 Å². The molecule has 2 unspecified atom stereocenters. The first-order valence-electron chi connectivity index (χ1n) is 6.33. The molecule has 20 heavy (non-hydrogen) atoms. The van der Waals surface area contributed by atoms with Gasteiger partial charge in [0, 0.05) is 18.0 Å². The molecule has 2 N–H and O–H groups in total. The fourth-order valence-corrected chi connectivity index (χ4v) is 3.29. The lowest BCUT2D eigenvalue weighted by Crippen LogP contribution is -2.29. The molecule has 1 aromatic rings. The highest BCUT2D eigenvalue weighted by molar-refractivity contribution is 7.94. The molecule has 5 nitrogen and oxygen atoms in total. The third-order valence-electron chi connectivity index (χ3n) is 3.35. The molecule has 0 saturated carbocycles. The fraction of sp³-hybridized carbons (Fsp3) is 0.357. The van der Waals surface area contributed by atoms with Crippen molar-refractivity contribution in [1.29, 1.82) is 0 Å². The number of carboxylic acids is 1. The van der Waals surface area contributed by atoms with Crippen molar-refractivity contribution in [2.45, 2.75) is 25.4 Å². The van der Waals surface area contributed by atoms with Gasteiger partial charge in [-0.1, -0.05) is 30.3 Å². The van der Waals surface area contributed by atoms with Gasteiger partial charge in [0.05, 0.1) is 11.7 Å². The molecular weight excluding hydrogens is 278 g/mol. The number of hydrogen-bond donors (Lipinski definition) is 2. The average Bonchev–Trinajstić information content (AvgIpc) is 2.75. The van der Waals surface area contributed by atoms with Crippen LogP contribution >= 0.6 is 0 Å². The highest BCUT2D eigenvalue weighted by Crippen LogP contribution is 2.16. The van der Waals surface area contributed by atoms with E-state index >= 15 is 0 Å². The molecule has 1 aliphatic heterocycles. The van der Waals surface area contributed by atoms with E-state index in [0.717, 1.165) is 11.1 Å². The molecule has 2 rings (SSSR count). The summed E-state index contributed by atoms with van der Waals surface area (Å²) in [6.45, 7) is 2.19. The van der Waals surface area contributed by atoms with E-state index in [1.54, 1.807) is 25.1 Å². The Morgan fingerprint density at radius 1 is 1.40 bits per heavy atom. The maximum Gasteiger partial charge on any atom is 0.310 e. The summed E-state index contributed by atoms with van der Waals surface area (Å²) in [4.78, 5) is 10.9. The molecule has 0 aromatic heterocycles. The van der Waals surface area contributed by atoms with Gasteiger partial charge < -0.3 is 10.4 Å². The van der Waals surface area contributed by atoms with Crippen molar-refractivity contribution in [3.8, 4) is 0 Å². The van der Waals surface area contributed by atoms with E-state index in [-0.39, 0.29) is 11.8 Å². The van der Waals surface area contributed by atoms with Crippen LogP contribution in [0.2, 0.25) is 0 Å². The van der Waals surface area contributed by atoms with Crippen LogP contribution < -0.4 is 5.32 Å². The summed E-state index contributed by atoms with van der Waals surface area (Å²) in [6, 6.07) is 7.13. The minimum absolute atomic E-state index is 0.0983. The molecule has 0 saturated heterocycles. The predicted octanol–water partition coefficient (Wildman–Crippen LogP) is 1.27. The fourth-order valence-electron chi connectivity index (χ4n) is 2.02. The molecule has 1 aromatic carbocycles. The number of carboxylic acid groups (broad SMARTS) is 1. The summed E-state index contributed by atoms with van der Waals surface area (Å²) in [5.41, 5.74) is 1.74. The Morgan fingerprint density at radius 2 is 2.05 bits per heavy atom. The molecule has 6 heteroatoms. The Hall–Kier alpha value is -1.66. The Bertz CT molecular complexity index is 619. The van der Waals surface area contributed by atoms with Crippen LogP contribution in [0, 0.1) is 0 Å². The monoisotopic (exact) mass is 295 g/mol. The number of benzene rings is 1. The summed E-state index contributed by atoms with van der Waals surface area (Å²) in [7, 11) is -3.04. The van der Waals surface area contributed by atoms with Crippen LogP contribution in [0.5, 0.6) is 0 Å². The zero-order valence-corrected chi connectivity index (χ0v) is 11.9. The number of nitrogens with one attached hydrogen (secondary N) is 1. The second-order valence-electron chi connectivity index (χ2n) is 4.95. The molecule has 1 aliphatic rings. The van der Waals surface area contributed by atoms with Crippen molar-refractivity contribution < 1.29 is 18.3 Å². The van der Waals surface area contributed by atoms with Crippen molar-refractivity contribution in [3.63, 3.8) is 0 Å². The molecule has 0 spiro atoms. The minimum Gasteiger partial charge on any atom is -0.481 e. The van der Waals surface area contributed by atoms with Crippen LogP contribution in [0.3, 0.4) is 0 Å². The molecule has 108 valence electrons. The van der Waals surface area contributed by atoms with Crippen LogP contribution in [-0.2, 0) is 21.2 Å². The first-order chi connectivity index (χ1) is 9.37. The maximum atomic E-state index is 11.3. The van der Waals surface area contributed by atoms with Crippen LogP contribution in [0.15, 0.2) is 35.7 Å². The van der Waals surface area contributed by atoms with Gasteiger partial charge in [0.2, 0.25) is 0 Å². The van der Waals surface area contributed by atoms with Gasteiger partial charge in [0.25, 0.3) is 0 Å². The van der Waals surface area contributed by atoms with Crippen LogP contribution in [0.4, 0.5) is 0 Å². The molecule has 0 aliphatic carbocycles. The predicted molar refractivity (Wildman–Crippen MR) is 76.0 cm³/mol. The second-order valence-corrected chi connectivity index (χ2v) is 6.88. The first kappa shape index (κ1) is 14.7. The highest BCUT2D eigenvalue weighted by atomic mass is 32.2. The van der Waals surface area contributed by atoms with Gasteiger partial charge >= 0.3 is 5.97 Å². The smallest absolute Gasteiger partial charge is 0.310 e. The summed E-state index contributed by atoms with van der Waals surface area (Å²) in [5.74, 6) is -1.28. The van der Waals surface area contributed by atoms with E-state index in [1.807, 2.05) is 12.1 Å². The lowest BCUT2D eigenvalue weighted by molar-refractivity contribution is -0.138. The third kappa shape index (κ3) is 3.68. The number of rotatable bonds is 5. The van der Waals surface area contributed by atoms with Gasteiger partial charge in [-0.3, -0.25) is 4.79 Å². The minimum atomic E-state index is -3.04. The number of carbonyl (C=O) groups is 1. The van der Waals surface area contributed by atoms with Gasteiger partial charge in [-0.25, -0.2) is 8.42 Å². The van der Waals surface area contributed by atoms with E-state index in [2.05, 4.69) is 5.32 Å². The van der Waals surface area contributed by atoms with Gasteiger partial charge in [-0.2, -0.15) is 0 Å². The lowest BCUT2D eigenvalue weighted by Gasteiger charge is -2.11. The SMILES string of the molecule is CC(C(=O)O)c1ccc(CNC2C=CS(=O)(=O)C2)cc1. The molecule has 0 bridgehead atoms. The van der Waals surface area contributed by atoms with Crippen molar-refractivity contribution in [2.24, 2.45) is 0 Å². The van der Waals surface area contributed by atoms with Crippen molar-refractivity contribution >= 4 is 15.8 Å². The average molecular weight is 295 g/mol. The van der Waals surface area contributed by atoms with Gasteiger partial charge in [-0.15, -0.1) is 0 Å². The Labute approximate surface area is 118 Å². The summed E-state index contributed by atoms with van der Waals surface area (Å²) in [6.07, 6.45) is 1.65. The summed E-state index contributed by atoms with van der Waals surface area (Å²) >= 11 is 0. The zero-order valence-electron chi connectivity index (χ0n) is 11.1. The van der Waals surface area contributed by atoms with Gasteiger partial charge in [0.1, 0.15) is 0 Å². The number of aliphatic carboxylic acids is 1. The third-order valence-corrected chi connectivity index (χ3v) is 4.74. The van der Waals surface area contributed by atoms with Gasteiger partial charge in [0.15, 0.2) is 9.84 Å². The molecule has 2 atom stereocenters. The summed E-state index contributed by atoms with van der Waals surface area (Å²) < 4.78 is 22.5. The largest absolute Gasteiger partial charge is 0.481 e. The second kappa shape index (κ2) is 5.76. The standard InChI is InChI=1S/C14H17NO4S/c1-10(14(16)17)12-4-2-11(3-5-12)8-15-13-6-7-20(18,19)9-13/h2-7,10,13,15H,8-9H2,1H3,(H,16,17). The zero-order chi connectivity index (χ0) is 14.8. The van der Waals surface area contributed by atoms with Crippen molar-refractivity contribution in [1.82, 2.24) is 5.32 Å². The molecule has 0 radical (unpaired) electrons. The number of sulfone groups is 1. The lowest BCUT2D eigenvalue weighted by atomic mass is 10.00. The Morgan fingerprint density at radius 3 is 2.55 bits per heavy atom. The van der Waals surface area contributed by atoms with Crippen molar-refractivity contribution in [2.75, 3.05) is 5.75 Å². The van der Waals surface area contributed by atoms with E-state index < -0.39 is 21.7 Å². The molecule has 1 heterocycles. The molecular formula is C14H17NO4S. The quantitative estimate of drug-likeness (QED) is 0.855. The van der Waals surface area contributed by atoms with Crippen LogP contribution in [0.1, 0.15) is 24.0 Å². The molecule has 0 amide bonds.